The number of hydrogen-bond donors (Lipinski definition) is 0. The minimum Gasteiger partial charge on any atom is -0.463 e. The second-order valence-corrected chi connectivity index (χ2v) is 11.0. The third kappa shape index (κ3) is 4.82. The molecule has 5 rings (SSSR count). The minimum atomic E-state index is -3.66. The van der Waals surface area contributed by atoms with Crippen molar-refractivity contribution in [2.75, 3.05) is 32.9 Å². The summed E-state index contributed by atoms with van der Waals surface area (Å²) in [5.74, 6) is 0.737. The number of morpholine rings is 1. The van der Waals surface area contributed by atoms with Crippen LogP contribution >= 0.6 is 22.9 Å². The van der Waals surface area contributed by atoms with E-state index in [-0.39, 0.29) is 11.0 Å². The van der Waals surface area contributed by atoms with Gasteiger partial charge in [0.05, 0.1) is 53.4 Å². The van der Waals surface area contributed by atoms with Gasteiger partial charge in [0.15, 0.2) is 10.6 Å². The molecule has 1 atom stereocenters. The van der Waals surface area contributed by atoms with E-state index < -0.39 is 10.0 Å². The third-order valence-electron chi connectivity index (χ3n) is 5.72. The predicted molar refractivity (Wildman–Crippen MR) is 125 cm³/mol. The molecule has 0 bridgehead atoms. The van der Waals surface area contributed by atoms with Crippen molar-refractivity contribution in [3.05, 3.63) is 51.8 Å². The SMILES string of the molecule is O=S(=O)(c1ccc(Cl)c(N=c2scc(-c3ccco3)n2CC2CCCO2)c1)N1CCOCC1. The van der Waals surface area contributed by atoms with E-state index in [0.29, 0.717) is 48.4 Å². The average molecular weight is 510 g/mol. The lowest BCUT2D eigenvalue weighted by Gasteiger charge is -2.26. The summed E-state index contributed by atoms with van der Waals surface area (Å²) < 4.78 is 46.5. The van der Waals surface area contributed by atoms with Gasteiger partial charge in [-0.3, -0.25) is 0 Å². The van der Waals surface area contributed by atoms with Gasteiger partial charge < -0.3 is 18.5 Å². The van der Waals surface area contributed by atoms with Crippen molar-refractivity contribution in [2.45, 2.75) is 30.4 Å². The molecule has 2 saturated heterocycles. The summed E-state index contributed by atoms with van der Waals surface area (Å²) >= 11 is 7.89. The van der Waals surface area contributed by atoms with E-state index in [1.54, 1.807) is 12.3 Å². The van der Waals surface area contributed by atoms with Crippen molar-refractivity contribution >= 4 is 38.6 Å². The number of nitrogens with zero attached hydrogens (tertiary/aromatic N) is 3. The number of thiazole rings is 1. The van der Waals surface area contributed by atoms with E-state index in [1.165, 1.54) is 27.8 Å². The zero-order valence-corrected chi connectivity index (χ0v) is 20.2. The van der Waals surface area contributed by atoms with Gasteiger partial charge in [0.25, 0.3) is 0 Å². The molecule has 11 heteroatoms. The van der Waals surface area contributed by atoms with Gasteiger partial charge in [0.1, 0.15) is 0 Å². The molecule has 1 aromatic carbocycles. The molecule has 0 spiro atoms. The number of sulfonamides is 1. The van der Waals surface area contributed by atoms with Gasteiger partial charge in [-0.1, -0.05) is 11.6 Å². The first kappa shape index (κ1) is 22.8. The summed E-state index contributed by atoms with van der Waals surface area (Å²) in [6.07, 6.45) is 3.74. The molecule has 2 fully saturated rings. The Bertz CT molecular complexity index is 1270. The molecule has 176 valence electrons. The lowest BCUT2D eigenvalue weighted by atomic mass is 10.2. The van der Waals surface area contributed by atoms with Crippen LogP contribution in [0.3, 0.4) is 0 Å². The number of benzene rings is 1. The summed E-state index contributed by atoms with van der Waals surface area (Å²) in [5, 5.41) is 2.36. The molecule has 0 N–H and O–H groups in total. The van der Waals surface area contributed by atoms with Crippen LogP contribution in [0.4, 0.5) is 5.69 Å². The topological polar surface area (TPSA) is 86.3 Å². The van der Waals surface area contributed by atoms with Gasteiger partial charge >= 0.3 is 0 Å². The molecule has 8 nitrogen and oxygen atoms in total. The van der Waals surface area contributed by atoms with Crippen molar-refractivity contribution < 1.29 is 22.3 Å². The summed E-state index contributed by atoms with van der Waals surface area (Å²) in [6, 6.07) is 8.39. The molecule has 0 saturated carbocycles. The van der Waals surface area contributed by atoms with Gasteiger partial charge in [-0.15, -0.1) is 11.3 Å². The van der Waals surface area contributed by atoms with Crippen molar-refractivity contribution in [3.8, 4) is 11.5 Å². The van der Waals surface area contributed by atoms with Gasteiger partial charge in [-0.2, -0.15) is 4.31 Å². The van der Waals surface area contributed by atoms with E-state index in [9.17, 15) is 8.42 Å². The normalized spacial score (nSPS) is 20.5. The first-order chi connectivity index (χ1) is 16.0. The smallest absolute Gasteiger partial charge is 0.243 e. The molecule has 0 aliphatic carbocycles. The number of furan rings is 1. The minimum absolute atomic E-state index is 0.0933. The number of ether oxygens (including phenoxy) is 2. The summed E-state index contributed by atoms with van der Waals surface area (Å²) in [4.78, 5) is 5.64. The van der Waals surface area contributed by atoms with Crippen molar-refractivity contribution in [1.82, 2.24) is 8.87 Å². The lowest BCUT2D eigenvalue weighted by molar-refractivity contribution is 0.0730. The van der Waals surface area contributed by atoms with Crippen LogP contribution in [0.5, 0.6) is 0 Å². The van der Waals surface area contributed by atoms with Crippen molar-refractivity contribution in [2.24, 2.45) is 4.99 Å². The summed E-state index contributed by atoms with van der Waals surface area (Å²) in [5.41, 5.74) is 1.30. The van der Waals surface area contributed by atoms with Gasteiger partial charge in [-0.25, -0.2) is 13.4 Å². The van der Waals surface area contributed by atoms with Crippen LogP contribution in [-0.2, 0) is 26.0 Å². The quantitative estimate of drug-likeness (QED) is 0.503. The Hall–Kier alpha value is -1.95. The molecule has 2 aromatic heterocycles. The number of halogens is 1. The Labute approximate surface area is 201 Å². The van der Waals surface area contributed by atoms with Crippen LogP contribution < -0.4 is 4.80 Å². The maximum Gasteiger partial charge on any atom is 0.243 e. The monoisotopic (exact) mass is 509 g/mol. The molecular formula is C22H24ClN3O5S2. The highest BCUT2D eigenvalue weighted by Gasteiger charge is 2.27. The maximum absolute atomic E-state index is 13.1. The predicted octanol–water partition coefficient (Wildman–Crippen LogP) is 3.90. The fraction of sp³-hybridized carbons (Fsp3) is 0.409. The fourth-order valence-electron chi connectivity index (χ4n) is 3.99. The average Bonchev–Trinajstić information content (AvgIpc) is 3.59. The van der Waals surface area contributed by atoms with Crippen LogP contribution in [0.2, 0.25) is 5.02 Å². The van der Waals surface area contributed by atoms with E-state index in [2.05, 4.69) is 4.57 Å². The van der Waals surface area contributed by atoms with Crippen LogP contribution in [0.1, 0.15) is 12.8 Å². The van der Waals surface area contributed by atoms with Crippen LogP contribution in [0.15, 0.2) is 56.3 Å². The lowest BCUT2D eigenvalue weighted by Crippen LogP contribution is -2.40. The fourth-order valence-corrected chi connectivity index (χ4v) is 6.49. The van der Waals surface area contributed by atoms with Crippen LogP contribution in [-0.4, -0.2) is 56.3 Å². The molecule has 3 aromatic rings. The highest BCUT2D eigenvalue weighted by atomic mass is 35.5. The molecule has 0 radical (unpaired) electrons. The number of hydrogen-bond acceptors (Lipinski definition) is 7. The Morgan fingerprint density at radius 2 is 2.03 bits per heavy atom. The molecule has 4 heterocycles. The van der Waals surface area contributed by atoms with Gasteiger partial charge in [-0.05, 0) is 43.2 Å². The number of rotatable bonds is 6. The second kappa shape index (κ2) is 9.73. The maximum atomic E-state index is 13.1. The first-order valence-electron chi connectivity index (χ1n) is 10.8. The Morgan fingerprint density at radius 3 is 2.76 bits per heavy atom. The molecule has 1 unspecified atom stereocenters. The zero-order chi connectivity index (χ0) is 22.8. The van der Waals surface area contributed by atoms with Gasteiger partial charge in [0.2, 0.25) is 10.0 Å². The Balaban J connectivity index is 1.55. The largest absolute Gasteiger partial charge is 0.463 e. The second-order valence-electron chi connectivity index (χ2n) is 7.87. The van der Waals surface area contributed by atoms with Crippen molar-refractivity contribution in [1.29, 1.82) is 0 Å². The van der Waals surface area contributed by atoms with Crippen LogP contribution in [0.25, 0.3) is 11.5 Å². The number of aromatic nitrogens is 1. The van der Waals surface area contributed by atoms with E-state index >= 15 is 0 Å². The van der Waals surface area contributed by atoms with Crippen LogP contribution in [0, 0.1) is 0 Å². The van der Waals surface area contributed by atoms with E-state index in [1.807, 2.05) is 17.5 Å². The van der Waals surface area contributed by atoms with Crippen molar-refractivity contribution in [3.63, 3.8) is 0 Å². The molecule has 2 aliphatic rings. The molecular weight excluding hydrogens is 486 g/mol. The highest BCUT2D eigenvalue weighted by Crippen LogP contribution is 2.30. The Morgan fingerprint density at radius 1 is 1.18 bits per heavy atom. The standard InChI is InChI=1S/C22H24ClN3O5S2/c23-18-6-5-17(33(27,28)25-7-11-29-12-8-25)13-19(18)24-22-26(14-16-3-1-9-30-16)20(15-32-22)21-4-2-10-31-21/h2,4-6,10,13,15-16H,1,3,7-9,11-12,14H2. The Kier molecular flexibility index (Phi) is 6.73. The molecule has 2 aliphatic heterocycles. The zero-order valence-electron chi connectivity index (χ0n) is 17.9. The molecule has 0 amide bonds. The third-order valence-corrected chi connectivity index (χ3v) is 8.80. The van der Waals surface area contributed by atoms with Gasteiger partial charge in [0, 0.05) is 25.1 Å². The summed E-state index contributed by atoms with van der Waals surface area (Å²) in [6.45, 7) is 2.82. The first-order valence-corrected chi connectivity index (χ1v) is 13.5. The van der Waals surface area contributed by atoms with E-state index in [0.717, 1.165) is 30.9 Å². The molecule has 33 heavy (non-hydrogen) atoms. The highest BCUT2D eigenvalue weighted by molar-refractivity contribution is 7.89. The van der Waals surface area contributed by atoms with E-state index in [4.69, 9.17) is 30.5 Å². The summed E-state index contributed by atoms with van der Waals surface area (Å²) in [7, 11) is -3.66.